The smallest absolute Gasteiger partial charge is 0.0640 e. The van der Waals surface area contributed by atoms with E-state index in [-0.39, 0.29) is 0 Å². The Morgan fingerprint density at radius 1 is 0.383 bits per heavy atom. The van der Waals surface area contributed by atoms with Crippen molar-refractivity contribution in [3.05, 3.63) is 164 Å². The predicted octanol–water partition coefficient (Wildman–Crippen LogP) is 13.9. The van der Waals surface area contributed by atoms with Crippen molar-refractivity contribution in [2.75, 3.05) is 4.90 Å². The zero-order valence-electron chi connectivity index (χ0n) is 25.4. The number of hydrogen-bond donors (Lipinski definition) is 0. The van der Waals surface area contributed by atoms with E-state index in [4.69, 9.17) is 0 Å². The normalized spacial score (nSPS) is 11.8. The lowest BCUT2D eigenvalue weighted by molar-refractivity contribution is 1.31. The van der Waals surface area contributed by atoms with Crippen LogP contribution in [0.2, 0.25) is 0 Å². The maximum absolute atomic E-state index is 2.46. The summed E-state index contributed by atoms with van der Waals surface area (Å²) in [5.41, 5.74) is 5.98. The van der Waals surface area contributed by atoms with E-state index in [1.807, 2.05) is 22.7 Å². The molecule has 0 aliphatic carbocycles. The number of anilines is 3. The molecule has 0 saturated heterocycles. The third-order valence-electron chi connectivity index (χ3n) is 9.45. The highest BCUT2D eigenvalue weighted by molar-refractivity contribution is 7.26. The third-order valence-corrected chi connectivity index (χ3v) is 11.8. The summed E-state index contributed by atoms with van der Waals surface area (Å²) < 4.78 is 5.25. The summed E-state index contributed by atoms with van der Waals surface area (Å²) in [6, 6.07) is 60.2. The number of benzene rings is 8. The molecule has 10 aromatic rings. The maximum Gasteiger partial charge on any atom is 0.0640 e. The molecule has 0 radical (unpaired) electrons. The fourth-order valence-corrected chi connectivity index (χ4v) is 9.59. The molecule has 8 aromatic carbocycles. The van der Waals surface area contributed by atoms with Crippen LogP contribution in [0.4, 0.5) is 17.1 Å². The van der Waals surface area contributed by atoms with Gasteiger partial charge in [-0.05, 0) is 81.2 Å². The SMILES string of the molecule is c1ccc2c(-c3ccc(N(c4ccc5sc6ccccc6c5c4)c4cccc5c4sc4ccc6ccccc6c45)cc3)cccc2c1. The van der Waals surface area contributed by atoms with Crippen molar-refractivity contribution in [2.24, 2.45) is 0 Å². The van der Waals surface area contributed by atoms with Crippen LogP contribution in [-0.2, 0) is 0 Å². The molecule has 2 heterocycles. The summed E-state index contributed by atoms with van der Waals surface area (Å²) in [6.45, 7) is 0. The lowest BCUT2D eigenvalue weighted by atomic mass is 9.98. The second-order valence-electron chi connectivity index (χ2n) is 12.1. The first-order valence-electron chi connectivity index (χ1n) is 15.9. The largest absolute Gasteiger partial charge is 0.309 e. The summed E-state index contributed by atoms with van der Waals surface area (Å²) >= 11 is 3.75. The molecule has 220 valence electrons. The van der Waals surface area contributed by atoms with E-state index >= 15 is 0 Å². The Bertz CT molecular complexity index is 2800. The summed E-state index contributed by atoms with van der Waals surface area (Å²) in [7, 11) is 0. The third kappa shape index (κ3) is 4.21. The first-order chi connectivity index (χ1) is 23.3. The van der Waals surface area contributed by atoms with E-state index in [2.05, 4.69) is 169 Å². The van der Waals surface area contributed by atoms with E-state index in [0.29, 0.717) is 0 Å². The average molecular weight is 634 g/mol. The van der Waals surface area contributed by atoms with Gasteiger partial charge in [-0.2, -0.15) is 0 Å². The molecule has 0 fully saturated rings. The monoisotopic (exact) mass is 633 g/mol. The van der Waals surface area contributed by atoms with Crippen molar-refractivity contribution >= 4 is 102 Å². The maximum atomic E-state index is 2.46. The van der Waals surface area contributed by atoms with Gasteiger partial charge in [-0.25, -0.2) is 0 Å². The molecule has 0 saturated carbocycles. The quantitative estimate of drug-likeness (QED) is 0.186. The number of thiophene rings is 2. The highest BCUT2D eigenvalue weighted by Gasteiger charge is 2.20. The predicted molar refractivity (Wildman–Crippen MR) is 207 cm³/mol. The van der Waals surface area contributed by atoms with Crippen LogP contribution in [0.3, 0.4) is 0 Å². The van der Waals surface area contributed by atoms with Crippen molar-refractivity contribution in [3.8, 4) is 11.1 Å². The van der Waals surface area contributed by atoms with Crippen LogP contribution >= 0.6 is 22.7 Å². The molecule has 0 amide bonds. The lowest BCUT2D eigenvalue weighted by Gasteiger charge is -2.26. The van der Waals surface area contributed by atoms with E-state index in [0.717, 1.165) is 11.4 Å². The van der Waals surface area contributed by atoms with Crippen LogP contribution in [-0.4, -0.2) is 0 Å². The minimum Gasteiger partial charge on any atom is -0.309 e. The minimum atomic E-state index is 1.14. The molecule has 10 rings (SSSR count). The summed E-state index contributed by atoms with van der Waals surface area (Å²) in [6.07, 6.45) is 0. The van der Waals surface area contributed by atoms with Gasteiger partial charge < -0.3 is 4.90 Å². The van der Waals surface area contributed by atoms with Crippen LogP contribution in [0.1, 0.15) is 0 Å². The molecule has 0 N–H and O–H groups in total. The molecule has 2 aromatic heterocycles. The minimum absolute atomic E-state index is 1.14. The van der Waals surface area contributed by atoms with Crippen LogP contribution in [0.15, 0.2) is 164 Å². The fraction of sp³-hybridized carbons (Fsp3) is 0. The Labute approximate surface area is 280 Å². The summed E-state index contributed by atoms with van der Waals surface area (Å²) in [5.74, 6) is 0. The molecule has 0 aliphatic heterocycles. The molecular formula is C44H27NS2. The van der Waals surface area contributed by atoms with Crippen LogP contribution in [0, 0.1) is 0 Å². The Morgan fingerprint density at radius 2 is 1.02 bits per heavy atom. The van der Waals surface area contributed by atoms with Gasteiger partial charge in [0.1, 0.15) is 0 Å². The Kier molecular flexibility index (Phi) is 5.98. The highest BCUT2D eigenvalue weighted by atomic mass is 32.1. The number of hydrogen-bond acceptors (Lipinski definition) is 3. The number of nitrogens with zero attached hydrogens (tertiary/aromatic N) is 1. The highest BCUT2D eigenvalue weighted by Crippen LogP contribution is 2.48. The Hall–Kier alpha value is -5.48. The number of fused-ring (bicyclic) bond motifs is 9. The topological polar surface area (TPSA) is 3.24 Å². The molecule has 3 heteroatoms. The van der Waals surface area contributed by atoms with Gasteiger partial charge in [-0.1, -0.05) is 115 Å². The van der Waals surface area contributed by atoms with Gasteiger partial charge in [0.15, 0.2) is 0 Å². The van der Waals surface area contributed by atoms with Gasteiger partial charge in [0.2, 0.25) is 0 Å². The standard InChI is InChI=1S/C44H27NS2/c1-3-12-33-28(9-1)11-7-15-34(33)30-19-22-31(23-20-30)45(32-24-26-41-38(27-32)36-14-5-6-18-40(36)46-41)39-17-8-16-37-43-35-13-4-2-10-29(35)21-25-42(43)47-44(37)39/h1-27H. The van der Waals surface area contributed by atoms with Gasteiger partial charge in [-0.3, -0.25) is 0 Å². The van der Waals surface area contributed by atoms with Crippen molar-refractivity contribution < 1.29 is 0 Å². The molecule has 0 atom stereocenters. The van der Waals surface area contributed by atoms with Crippen molar-refractivity contribution in [1.82, 2.24) is 0 Å². The van der Waals surface area contributed by atoms with E-state index < -0.39 is 0 Å². The fourth-order valence-electron chi connectivity index (χ4n) is 7.28. The second kappa shape index (κ2) is 10.5. The van der Waals surface area contributed by atoms with E-state index in [1.54, 1.807) is 0 Å². The second-order valence-corrected chi connectivity index (χ2v) is 14.2. The zero-order valence-corrected chi connectivity index (χ0v) is 27.0. The van der Waals surface area contributed by atoms with Gasteiger partial charge in [0.05, 0.1) is 10.4 Å². The zero-order chi connectivity index (χ0) is 30.9. The molecule has 47 heavy (non-hydrogen) atoms. The average Bonchev–Trinajstić information content (AvgIpc) is 3.71. The van der Waals surface area contributed by atoms with E-state index in [1.165, 1.54) is 78.7 Å². The lowest BCUT2D eigenvalue weighted by Crippen LogP contribution is -2.10. The van der Waals surface area contributed by atoms with Gasteiger partial charge in [0.25, 0.3) is 0 Å². The molecule has 0 bridgehead atoms. The molecule has 1 nitrogen and oxygen atoms in total. The number of rotatable bonds is 4. The van der Waals surface area contributed by atoms with Gasteiger partial charge in [-0.15, -0.1) is 22.7 Å². The van der Waals surface area contributed by atoms with Gasteiger partial charge in [0, 0.05) is 47.0 Å². The first kappa shape index (κ1) is 26.7. The van der Waals surface area contributed by atoms with E-state index in [9.17, 15) is 0 Å². The van der Waals surface area contributed by atoms with Crippen LogP contribution in [0.5, 0.6) is 0 Å². The molecular weight excluding hydrogens is 607 g/mol. The molecule has 0 unspecified atom stereocenters. The molecule has 0 aliphatic rings. The van der Waals surface area contributed by atoms with Crippen LogP contribution < -0.4 is 4.90 Å². The van der Waals surface area contributed by atoms with Crippen molar-refractivity contribution in [1.29, 1.82) is 0 Å². The first-order valence-corrected chi connectivity index (χ1v) is 17.6. The van der Waals surface area contributed by atoms with Crippen LogP contribution in [0.25, 0.3) is 73.0 Å². The molecule has 0 spiro atoms. The van der Waals surface area contributed by atoms with Crippen molar-refractivity contribution in [2.45, 2.75) is 0 Å². The van der Waals surface area contributed by atoms with Gasteiger partial charge >= 0.3 is 0 Å². The summed E-state index contributed by atoms with van der Waals surface area (Å²) in [4.78, 5) is 2.46. The Balaban J connectivity index is 1.21. The Morgan fingerprint density at radius 3 is 1.89 bits per heavy atom. The van der Waals surface area contributed by atoms with Crippen molar-refractivity contribution in [3.63, 3.8) is 0 Å². The summed E-state index contributed by atoms with van der Waals surface area (Å²) in [5, 5.41) is 10.4.